The van der Waals surface area contributed by atoms with Crippen LogP contribution in [0.4, 0.5) is 5.69 Å². The SMILES string of the molecule is O=S(=O)(Nc1ccc2c(c1)CCNCC2)c1ccccc1. The van der Waals surface area contributed by atoms with E-state index in [1.807, 2.05) is 18.2 Å². The van der Waals surface area contributed by atoms with Crippen LogP contribution in [0.25, 0.3) is 0 Å². The Morgan fingerprint density at radius 1 is 0.905 bits per heavy atom. The summed E-state index contributed by atoms with van der Waals surface area (Å²) in [6.07, 6.45) is 1.91. The number of rotatable bonds is 3. The van der Waals surface area contributed by atoms with Gasteiger partial charge in [-0.15, -0.1) is 0 Å². The molecule has 1 aliphatic heterocycles. The molecule has 0 spiro atoms. The summed E-state index contributed by atoms with van der Waals surface area (Å²) in [7, 11) is -3.51. The van der Waals surface area contributed by atoms with Crippen molar-refractivity contribution >= 4 is 15.7 Å². The third-order valence-corrected chi connectivity index (χ3v) is 5.05. The lowest BCUT2D eigenvalue weighted by Crippen LogP contribution is -2.16. The Labute approximate surface area is 125 Å². The van der Waals surface area contributed by atoms with Gasteiger partial charge in [0.15, 0.2) is 0 Å². The fourth-order valence-corrected chi connectivity index (χ4v) is 3.62. The summed E-state index contributed by atoms with van der Waals surface area (Å²) >= 11 is 0. The van der Waals surface area contributed by atoms with E-state index in [4.69, 9.17) is 0 Å². The van der Waals surface area contributed by atoms with Crippen molar-refractivity contribution in [2.75, 3.05) is 17.8 Å². The Hall–Kier alpha value is -1.85. The first-order valence-electron chi connectivity index (χ1n) is 7.05. The minimum absolute atomic E-state index is 0.279. The summed E-state index contributed by atoms with van der Waals surface area (Å²) in [4.78, 5) is 0.279. The average Bonchev–Trinajstić information content (AvgIpc) is 2.72. The summed E-state index contributed by atoms with van der Waals surface area (Å²) in [5, 5.41) is 3.35. The van der Waals surface area contributed by atoms with Crippen molar-refractivity contribution < 1.29 is 8.42 Å². The van der Waals surface area contributed by atoms with Gasteiger partial charge in [0.25, 0.3) is 10.0 Å². The number of nitrogens with one attached hydrogen (secondary N) is 2. The van der Waals surface area contributed by atoms with E-state index in [1.165, 1.54) is 11.1 Å². The van der Waals surface area contributed by atoms with E-state index < -0.39 is 10.0 Å². The lowest BCUT2D eigenvalue weighted by Gasteiger charge is -2.11. The molecule has 0 atom stereocenters. The van der Waals surface area contributed by atoms with E-state index in [-0.39, 0.29) is 4.90 Å². The Bertz CT molecular complexity index is 727. The molecule has 21 heavy (non-hydrogen) atoms. The molecule has 3 rings (SSSR count). The summed E-state index contributed by atoms with van der Waals surface area (Å²) in [6, 6.07) is 14.2. The molecule has 0 aromatic heterocycles. The molecule has 0 fully saturated rings. The van der Waals surface area contributed by atoms with Gasteiger partial charge in [-0.3, -0.25) is 4.72 Å². The molecule has 0 saturated carbocycles. The van der Waals surface area contributed by atoms with Crippen LogP contribution in [-0.2, 0) is 22.9 Å². The molecule has 0 unspecified atom stereocenters. The largest absolute Gasteiger partial charge is 0.316 e. The van der Waals surface area contributed by atoms with Gasteiger partial charge in [0.1, 0.15) is 0 Å². The molecule has 0 amide bonds. The molecule has 0 aliphatic carbocycles. The second kappa shape index (κ2) is 5.87. The van der Waals surface area contributed by atoms with Crippen LogP contribution in [-0.4, -0.2) is 21.5 Å². The van der Waals surface area contributed by atoms with E-state index in [1.54, 1.807) is 30.3 Å². The predicted molar refractivity (Wildman–Crippen MR) is 84.0 cm³/mol. The Balaban J connectivity index is 1.87. The van der Waals surface area contributed by atoms with Gasteiger partial charge >= 0.3 is 0 Å². The van der Waals surface area contributed by atoms with Crippen molar-refractivity contribution in [3.63, 3.8) is 0 Å². The maximum Gasteiger partial charge on any atom is 0.261 e. The molecule has 4 nitrogen and oxygen atoms in total. The fourth-order valence-electron chi connectivity index (χ4n) is 2.55. The predicted octanol–water partition coefficient (Wildman–Crippen LogP) is 2.18. The number of sulfonamides is 1. The minimum Gasteiger partial charge on any atom is -0.316 e. The second-order valence-corrected chi connectivity index (χ2v) is 6.83. The van der Waals surface area contributed by atoms with Crippen molar-refractivity contribution in [1.29, 1.82) is 0 Å². The van der Waals surface area contributed by atoms with Crippen molar-refractivity contribution in [3.8, 4) is 0 Å². The van der Waals surface area contributed by atoms with Gasteiger partial charge in [-0.1, -0.05) is 24.3 Å². The molecule has 1 heterocycles. The zero-order chi connectivity index (χ0) is 14.7. The molecule has 0 bridgehead atoms. The van der Waals surface area contributed by atoms with Crippen LogP contribution >= 0.6 is 0 Å². The minimum atomic E-state index is -3.51. The van der Waals surface area contributed by atoms with E-state index in [0.717, 1.165) is 25.9 Å². The van der Waals surface area contributed by atoms with Crippen molar-refractivity contribution in [1.82, 2.24) is 5.32 Å². The molecule has 5 heteroatoms. The van der Waals surface area contributed by atoms with Crippen molar-refractivity contribution in [2.45, 2.75) is 17.7 Å². The first-order chi connectivity index (χ1) is 10.1. The first-order valence-corrected chi connectivity index (χ1v) is 8.54. The van der Waals surface area contributed by atoms with Crippen LogP contribution in [0.15, 0.2) is 53.4 Å². The highest BCUT2D eigenvalue weighted by Crippen LogP contribution is 2.21. The van der Waals surface area contributed by atoms with E-state index in [0.29, 0.717) is 5.69 Å². The van der Waals surface area contributed by atoms with Crippen LogP contribution in [0.5, 0.6) is 0 Å². The third kappa shape index (κ3) is 3.25. The molecule has 0 radical (unpaired) electrons. The molecular formula is C16H18N2O2S. The van der Waals surface area contributed by atoms with Crippen LogP contribution < -0.4 is 10.0 Å². The van der Waals surface area contributed by atoms with Gasteiger partial charge in [-0.05, 0) is 61.3 Å². The number of benzene rings is 2. The quantitative estimate of drug-likeness (QED) is 0.913. The highest BCUT2D eigenvalue weighted by molar-refractivity contribution is 7.92. The number of anilines is 1. The van der Waals surface area contributed by atoms with E-state index >= 15 is 0 Å². The zero-order valence-corrected chi connectivity index (χ0v) is 12.5. The molecule has 0 saturated heterocycles. The standard InChI is InChI=1S/C16H18N2O2S/c19-21(20,16-4-2-1-3-5-16)18-15-7-6-13-8-10-17-11-9-14(13)12-15/h1-7,12,17-18H,8-11H2. The van der Waals surface area contributed by atoms with Gasteiger partial charge in [0, 0.05) is 5.69 Å². The average molecular weight is 302 g/mol. The lowest BCUT2D eigenvalue weighted by molar-refractivity contribution is 0.601. The Morgan fingerprint density at radius 2 is 1.62 bits per heavy atom. The fraction of sp³-hybridized carbons (Fsp3) is 0.250. The lowest BCUT2D eigenvalue weighted by atomic mass is 10.0. The molecule has 2 aromatic carbocycles. The molecular weight excluding hydrogens is 284 g/mol. The van der Waals surface area contributed by atoms with E-state index in [9.17, 15) is 8.42 Å². The Morgan fingerprint density at radius 3 is 2.38 bits per heavy atom. The smallest absolute Gasteiger partial charge is 0.261 e. The highest BCUT2D eigenvalue weighted by Gasteiger charge is 2.15. The molecule has 2 N–H and O–H groups in total. The summed E-state index contributed by atoms with van der Waals surface area (Å²) in [6.45, 7) is 1.91. The topological polar surface area (TPSA) is 58.2 Å². The maximum atomic E-state index is 12.3. The van der Waals surface area contributed by atoms with Crippen LogP contribution in [0.1, 0.15) is 11.1 Å². The molecule has 110 valence electrons. The van der Waals surface area contributed by atoms with Gasteiger partial charge in [0.05, 0.1) is 4.90 Å². The molecule has 1 aliphatic rings. The Kier molecular flexibility index (Phi) is 3.94. The first kappa shape index (κ1) is 14.1. The van der Waals surface area contributed by atoms with Crippen LogP contribution in [0, 0.1) is 0 Å². The summed E-state index contributed by atoms with van der Waals surface area (Å²) in [5.41, 5.74) is 3.13. The van der Waals surface area contributed by atoms with Crippen LogP contribution in [0.3, 0.4) is 0 Å². The highest BCUT2D eigenvalue weighted by atomic mass is 32.2. The van der Waals surface area contributed by atoms with E-state index in [2.05, 4.69) is 10.0 Å². The normalized spacial score (nSPS) is 15.0. The van der Waals surface area contributed by atoms with Crippen LogP contribution in [0.2, 0.25) is 0 Å². The summed E-state index contributed by atoms with van der Waals surface area (Å²) < 4.78 is 27.3. The third-order valence-electron chi connectivity index (χ3n) is 3.65. The molecule has 2 aromatic rings. The zero-order valence-electron chi connectivity index (χ0n) is 11.7. The summed E-state index contributed by atoms with van der Waals surface area (Å²) in [5.74, 6) is 0. The van der Waals surface area contributed by atoms with Crippen molar-refractivity contribution in [3.05, 3.63) is 59.7 Å². The number of hydrogen-bond acceptors (Lipinski definition) is 3. The van der Waals surface area contributed by atoms with Gasteiger partial charge in [-0.25, -0.2) is 8.42 Å². The monoisotopic (exact) mass is 302 g/mol. The van der Waals surface area contributed by atoms with Gasteiger partial charge in [0.2, 0.25) is 0 Å². The van der Waals surface area contributed by atoms with Gasteiger partial charge < -0.3 is 5.32 Å². The maximum absolute atomic E-state index is 12.3. The van der Waals surface area contributed by atoms with Gasteiger partial charge in [-0.2, -0.15) is 0 Å². The number of hydrogen-bond donors (Lipinski definition) is 2. The number of fused-ring (bicyclic) bond motifs is 1. The van der Waals surface area contributed by atoms with Crippen molar-refractivity contribution in [2.24, 2.45) is 0 Å². The second-order valence-electron chi connectivity index (χ2n) is 5.15.